The van der Waals surface area contributed by atoms with E-state index in [4.69, 9.17) is 10.8 Å². The Hall–Kier alpha value is -0.770. The Morgan fingerprint density at radius 3 is 2.55 bits per heavy atom. The fourth-order valence-corrected chi connectivity index (χ4v) is 0.748. The molecule has 0 rings (SSSR count). The van der Waals surface area contributed by atoms with Crippen molar-refractivity contribution in [3.05, 3.63) is 0 Å². The number of unbranched alkanes of at least 4 members (excludes halogenated alkanes) is 2. The Bertz CT molecular complexity index is 117. The number of nitrogens with two attached hydrogens (primary N) is 1. The lowest BCUT2D eigenvalue weighted by molar-refractivity contribution is 0.216. The van der Waals surface area contributed by atoms with Crippen molar-refractivity contribution in [1.82, 2.24) is 4.90 Å². The minimum atomic E-state index is -0.394. The van der Waals surface area contributed by atoms with E-state index < -0.39 is 6.03 Å². The van der Waals surface area contributed by atoms with Crippen LogP contribution in [0.5, 0.6) is 0 Å². The monoisotopic (exact) mass is 160 g/mol. The quantitative estimate of drug-likeness (QED) is 0.562. The van der Waals surface area contributed by atoms with Gasteiger partial charge in [0.25, 0.3) is 0 Å². The van der Waals surface area contributed by atoms with Crippen LogP contribution in [-0.4, -0.2) is 36.2 Å². The van der Waals surface area contributed by atoms with Gasteiger partial charge >= 0.3 is 6.03 Å². The predicted octanol–water partition coefficient (Wildman–Crippen LogP) is 0.160. The lowest BCUT2D eigenvalue weighted by atomic mass is 10.2. The highest BCUT2D eigenvalue weighted by molar-refractivity contribution is 5.71. The number of amides is 2. The molecule has 0 aliphatic carbocycles. The zero-order chi connectivity index (χ0) is 8.69. The third-order valence-corrected chi connectivity index (χ3v) is 1.53. The average molecular weight is 160 g/mol. The Kier molecular flexibility index (Phi) is 5.56. The van der Waals surface area contributed by atoms with Crippen molar-refractivity contribution < 1.29 is 9.90 Å². The van der Waals surface area contributed by atoms with Crippen LogP contribution in [0.2, 0.25) is 0 Å². The van der Waals surface area contributed by atoms with Crippen molar-refractivity contribution in [3.8, 4) is 0 Å². The molecule has 0 spiro atoms. The number of urea groups is 1. The number of aliphatic hydroxyl groups is 1. The third kappa shape index (κ3) is 5.66. The predicted molar refractivity (Wildman–Crippen MR) is 43.2 cm³/mol. The molecule has 2 amide bonds. The summed E-state index contributed by atoms with van der Waals surface area (Å²) < 4.78 is 0. The molecule has 0 heterocycles. The normalized spacial score (nSPS) is 9.64. The topological polar surface area (TPSA) is 66.6 Å². The van der Waals surface area contributed by atoms with Crippen molar-refractivity contribution in [2.24, 2.45) is 5.73 Å². The molecule has 0 radical (unpaired) electrons. The Morgan fingerprint density at radius 1 is 1.45 bits per heavy atom. The van der Waals surface area contributed by atoms with E-state index in [9.17, 15) is 4.79 Å². The molecule has 0 fully saturated rings. The van der Waals surface area contributed by atoms with Gasteiger partial charge in [0.15, 0.2) is 0 Å². The molecule has 4 nitrogen and oxygen atoms in total. The zero-order valence-electron chi connectivity index (χ0n) is 6.92. The van der Waals surface area contributed by atoms with Gasteiger partial charge in [0.1, 0.15) is 0 Å². The number of nitrogens with zero attached hydrogens (tertiary/aromatic N) is 1. The molecular formula is C7H16N2O2. The van der Waals surface area contributed by atoms with Crippen molar-refractivity contribution in [2.75, 3.05) is 20.2 Å². The van der Waals surface area contributed by atoms with Crippen molar-refractivity contribution in [3.63, 3.8) is 0 Å². The second-order valence-electron chi connectivity index (χ2n) is 2.54. The van der Waals surface area contributed by atoms with E-state index in [1.807, 2.05) is 0 Å². The van der Waals surface area contributed by atoms with Crippen LogP contribution < -0.4 is 5.73 Å². The van der Waals surface area contributed by atoms with Crippen molar-refractivity contribution in [1.29, 1.82) is 0 Å². The van der Waals surface area contributed by atoms with E-state index in [0.717, 1.165) is 19.3 Å². The molecule has 0 saturated carbocycles. The van der Waals surface area contributed by atoms with Crippen LogP contribution in [0.4, 0.5) is 4.79 Å². The number of carbonyl (C=O) groups excluding carboxylic acids is 1. The van der Waals surface area contributed by atoms with E-state index in [-0.39, 0.29) is 6.61 Å². The van der Waals surface area contributed by atoms with Gasteiger partial charge in [0.05, 0.1) is 0 Å². The SMILES string of the molecule is CN(CCCCCO)C(N)=O. The second-order valence-corrected chi connectivity index (χ2v) is 2.54. The van der Waals surface area contributed by atoms with Gasteiger partial charge in [-0.15, -0.1) is 0 Å². The van der Waals surface area contributed by atoms with Gasteiger partial charge < -0.3 is 15.7 Å². The van der Waals surface area contributed by atoms with Gasteiger partial charge in [-0.05, 0) is 19.3 Å². The van der Waals surface area contributed by atoms with Gasteiger partial charge in [0.2, 0.25) is 0 Å². The summed E-state index contributed by atoms with van der Waals surface area (Å²) in [7, 11) is 1.67. The molecule has 66 valence electrons. The second kappa shape index (κ2) is 5.97. The summed E-state index contributed by atoms with van der Waals surface area (Å²) in [6.45, 7) is 0.898. The lowest BCUT2D eigenvalue weighted by Crippen LogP contribution is -2.32. The molecule has 0 bridgehead atoms. The summed E-state index contributed by atoms with van der Waals surface area (Å²) in [5.74, 6) is 0. The highest BCUT2D eigenvalue weighted by Gasteiger charge is 2.00. The molecule has 4 heteroatoms. The number of carbonyl (C=O) groups is 1. The first-order valence-electron chi connectivity index (χ1n) is 3.80. The molecule has 0 aliphatic heterocycles. The smallest absolute Gasteiger partial charge is 0.314 e. The summed E-state index contributed by atoms with van der Waals surface area (Å²) in [6.07, 6.45) is 2.64. The number of hydrogen-bond acceptors (Lipinski definition) is 2. The summed E-state index contributed by atoms with van der Waals surface area (Å²) in [6, 6.07) is -0.394. The van der Waals surface area contributed by atoms with Crippen LogP contribution >= 0.6 is 0 Å². The summed E-state index contributed by atoms with van der Waals surface area (Å²) in [5, 5.41) is 8.44. The van der Waals surface area contributed by atoms with E-state index >= 15 is 0 Å². The minimum Gasteiger partial charge on any atom is -0.396 e. The summed E-state index contributed by atoms with van der Waals surface area (Å²) in [4.78, 5) is 11.9. The Balaban J connectivity index is 3.17. The van der Waals surface area contributed by atoms with E-state index in [1.54, 1.807) is 7.05 Å². The van der Waals surface area contributed by atoms with Gasteiger partial charge in [-0.1, -0.05) is 0 Å². The third-order valence-electron chi connectivity index (χ3n) is 1.53. The van der Waals surface area contributed by atoms with Gasteiger partial charge in [-0.2, -0.15) is 0 Å². The summed E-state index contributed by atoms with van der Waals surface area (Å²) in [5.41, 5.74) is 4.99. The fourth-order valence-electron chi connectivity index (χ4n) is 0.748. The van der Waals surface area contributed by atoms with E-state index in [1.165, 1.54) is 4.90 Å². The Labute approximate surface area is 67.0 Å². The first-order valence-corrected chi connectivity index (χ1v) is 3.80. The number of aliphatic hydroxyl groups excluding tert-OH is 1. The van der Waals surface area contributed by atoms with Crippen LogP contribution in [-0.2, 0) is 0 Å². The maximum atomic E-state index is 10.5. The van der Waals surface area contributed by atoms with Gasteiger partial charge in [-0.3, -0.25) is 0 Å². The minimum absolute atomic E-state index is 0.223. The molecule has 0 saturated heterocycles. The number of primary amides is 1. The van der Waals surface area contributed by atoms with Crippen LogP contribution in [0.15, 0.2) is 0 Å². The standard InChI is InChI=1S/C7H16N2O2/c1-9(7(8)11)5-3-2-4-6-10/h10H,2-6H2,1H3,(H2,8,11). The molecule has 0 aromatic carbocycles. The molecule has 11 heavy (non-hydrogen) atoms. The number of rotatable bonds is 5. The maximum absolute atomic E-state index is 10.5. The van der Waals surface area contributed by atoms with Crippen LogP contribution in [0.1, 0.15) is 19.3 Å². The first kappa shape index (κ1) is 10.2. The summed E-state index contributed by atoms with van der Waals surface area (Å²) >= 11 is 0. The van der Waals surface area contributed by atoms with E-state index in [0.29, 0.717) is 6.54 Å². The largest absolute Gasteiger partial charge is 0.396 e. The Morgan fingerprint density at radius 2 is 2.09 bits per heavy atom. The lowest BCUT2D eigenvalue weighted by Gasteiger charge is -2.12. The van der Waals surface area contributed by atoms with E-state index in [2.05, 4.69) is 0 Å². The van der Waals surface area contributed by atoms with Gasteiger partial charge in [-0.25, -0.2) is 4.79 Å². The fraction of sp³-hybridized carbons (Fsp3) is 0.857. The number of hydrogen-bond donors (Lipinski definition) is 2. The maximum Gasteiger partial charge on any atom is 0.314 e. The first-order chi connectivity index (χ1) is 5.18. The highest BCUT2D eigenvalue weighted by atomic mass is 16.2. The van der Waals surface area contributed by atoms with Crippen LogP contribution in [0, 0.1) is 0 Å². The molecule has 0 unspecified atom stereocenters. The molecular weight excluding hydrogens is 144 g/mol. The molecule has 0 aliphatic rings. The molecule has 0 aromatic heterocycles. The van der Waals surface area contributed by atoms with Crippen LogP contribution in [0.25, 0.3) is 0 Å². The van der Waals surface area contributed by atoms with Crippen molar-refractivity contribution >= 4 is 6.03 Å². The highest BCUT2D eigenvalue weighted by Crippen LogP contribution is 1.95. The average Bonchev–Trinajstić information content (AvgIpc) is 1.97. The van der Waals surface area contributed by atoms with Crippen molar-refractivity contribution in [2.45, 2.75) is 19.3 Å². The van der Waals surface area contributed by atoms with Gasteiger partial charge in [0, 0.05) is 20.2 Å². The molecule has 0 atom stereocenters. The zero-order valence-corrected chi connectivity index (χ0v) is 6.92. The van der Waals surface area contributed by atoms with Crippen LogP contribution in [0.3, 0.4) is 0 Å². The molecule has 0 aromatic rings. The molecule has 3 N–H and O–H groups in total.